The number of carbonyl (C=O) groups excluding carboxylic acids is 1. The molecule has 21 heavy (non-hydrogen) atoms. The first-order valence-corrected chi connectivity index (χ1v) is 7.20. The van der Waals surface area contributed by atoms with Crippen LogP contribution in [0.2, 0.25) is 0 Å². The summed E-state index contributed by atoms with van der Waals surface area (Å²) in [6.45, 7) is 4.74. The second-order valence-electron chi connectivity index (χ2n) is 5.57. The Labute approximate surface area is 125 Å². The second kappa shape index (κ2) is 6.75. The average molecular weight is 287 g/mol. The van der Waals surface area contributed by atoms with Crippen molar-refractivity contribution in [3.8, 4) is 11.8 Å². The molecule has 0 spiro atoms. The maximum atomic E-state index is 12.6. The number of hydrogen-bond acceptors (Lipinski definition) is 3. The van der Waals surface area contributed by atoms with Gasteiger partial charge in [0.25, 0.3) is 5.91 Å². The minimum absolute atomic E-state index is 0.0638. The largest absolute Gasteiger partial charge is 0.391 e. The van der Waals surface area contributed by atoms with E-state index in [-0.39, 0.29) is 18.4 Å². The average Bonchev–Trinajstić information content (AvgIpc) is 2.48. The Hall–Kier alpha value is -1.83. The molecule has 1 aliphatic rings. The van der Waals surface area contributed by atoms with Crippen LogP contribution in [0.3, 0.4) is 0 Å². The smallest absolute Gasteiger partial charge is 0.254 e. The lowest BCUT2D eigenvalue weighted by molar-refractivity contribution is 0.0248. The molecule has 4 nitrogen and oxygen atoms in total. The fourth-order valence-electron chi connectivity index (χ4n) is 2.48. The normalized spacial score (nSPS) is 21.6. The highest BCUT2D eigenvalue weighted by Gasteiger charge is 2.28. The van der Waals surface area contributed by atoms with Crippen LogP contribution < -0.4 is 0 Å². The maximum absolute atomic E-state index is 12.6. The van der Waals surface area contributed by atoms with Gasteiger partial charge in [-0.3, -0.25) is 4.79 Å². The SMILES string of the molecule is Cc1ccc(C#CCO)cc1C(=O)N1CCC(C)C(O)C1. The molecule has 1 heterocycles. The Morgan fingerprint density at radius 1 is 1.48 bits per heavy atom. The van der Waals surface area contributed by atoms with Crippen LogP contribution >= 0.6 is 0 Å². The highest BCUT2D eigenvalue weighted by atomic mass is 16.3. The van der Waals surface area contributed by atoms with E-state index in [1.807, 2.05) is 26.0 Å². The van der Waals surface area contributed by atoms with Crippen molar-refractivity contribution in [2.75, 3.05) is 19.7 Å². The summed E-state index contributed by atoms with van der Waals surface area (Å²) in [6.07, 6.45) is 0.357. The minimum atomic E-state index is -0.458. The Morgan fingerprint density at radius 2 is 2.24 bits per heavy atom. The van der Waals surface area contributed by atoms with E-state index in [1.54, 1.807) is 11.0 Å². The molecule has 2 rings (SSSR count). The van der Waals surface area contributed by atoms with Crippen molar-refractivity contribution in [1.82, 2.24) is 4.90 Å². The second-order valence-corrected chi connectivity index (χ2v) is 5.57. The molecule has 0 aromatic heterocycles. The number of likely N-dealkylation sites (tertiary alicyclic amines) is 1. The van der Waals surface area contributed by atoms with Crippen molar-refractivity contribution in [2.45, 2.75) is 26.4 Å². The maximum Gasteiger partial charge on any atom is 0.254 e. The van der Waals surface area contributed by atoms with E-state index in [4.69, 9.17) is 5.11 Å². The van der Waals surface area contributed by atoms with E-state index >= 15 is 0 Å². The number of hydrogen-bond donors (Lipinski definition) is 2. The number of piperidine rings is 1. The summed E-state index contributed by atoms with van der Waals surface area (Å²) < 4.78 is 0. The monoisotopic (exact) mass is 287 g/mol. The van der Waals surface area contributed by atoms with Crippen LogP contribution in [0, 0.1) is 24.7 Å². The fraction of sp³-hybridized carbons (Fsp3) is 0.471. The van der Waals surface area contributed by atoms with Crippen LogP contribution in [0.1, 0.15) is 34.8 Å². The highest BCUT2D eigenvalue weighted by Crippen LogP contribution is 2.20. The van der Waals surface area contributed by atoms with Gasteiger partial charge in [-0.05, 0) is 37.0 Å². The lowest BCUT2D eigenvalue weighted by atomic mass is 9.95. The van der Waals surface area contributed by atoms with Gasteiger partial charge in [-0.25, -0.2) is 0 Å². The van der Waals surface area contributed by atoms with Crippen molar-refractivity contribution in [3.05, 3.63) is 34.9 Å². The molecule has 1 aromatic carbocycles. The van der Waals surface area contributed by atoms with Crippen molar-refractivity contribution in [3.63, 3.8) is 0 Å². The quantitative estimate of drug-likeness (QED) is 0.763. The van der Waals surface area contributed by atoms with Crippen LogP contribution in [0.5, 0.6) is 0 Å². The summed E-state index contributed by atoms with van der Waals surface area (Å²) >= 11 is 0. The fourth-order valence-corrected chi connectivity index (χ4v) is 2.48. The van der Waals surface area contributed by atoms with Crippen LogP contribution in [0.25, 0.3) is 0 Å². The van der Waals surface area contributed by atoms with E-state index in [1.165, 1.54) is 0 Å². The van der Waals surface area contributed by atoms with E-state index < -0.39 is 6.10 Å². The van der Waals surface area contributed by atoms with Crippen molar-refractivity contribution in [1.29, 1.82) is 0 Å². The molecule has 112 valence electrons. The Kier molecular flexibility index (Phi) is 5.00. The van der Waals surface area contributed by atoms with Crippen LogP contribution in [0.4, 0.5) is 0 Å². The summed E-state index contributed by atoms with van der Waals surface area (Å²) in [5.74, 6) is 5.57. The molecule has 1 fully saturated rings. The summed E-state index contributed by atoms with van der Waals surface area (Å²) in [7, 11) is 0. The highest BCUT2D eigenvalue weighted by molar-refractivity contribution is 5.96. The van der Waals surface area contributed by atoms with Gasteiger partial charge in [0, 0.05) is 24.2 Å². The van der Waals surface area contributed by atoms with E-state index in [0.717, 1.165) is 12.0 Å². The molecule has 2 N–H and O–H groups in total. The third kappa shape index (κ3) is 3.63. The molecule has 1 aromatic rings. The van der Waals surface area contributed by atoms with Gasteiger partial charge in [-0.1, -0.05) is 24.8 Å². The van der Waals surface area contributed by atoms with Gasteiger partial charge in [0.2, 0.25) is 0 Å². The molecule has 0 bridgehead atoms. The van der Waals surface area contributed by atoms with Gasteiger partial charge < -0.3 is 15.1 Å². The molecule has 0 saturated carbocycles. The number of β-amino-alcohol motifs (C(OH)–C–C–N with tert-alkyl or cyclic N) is 1. The summed E-state index contributed by atoms with van der Waals surface area (Å²) in [4.78, 5) is 14.3. The lowest BCUT2D eigenvalue weighted by Gasteiger charge is -2.34. The molecule has 2 atom stereocenters. The molecule has 1 saturated heterocycles. The molecule has 4 heteroatoms. The first kappa shape index (κ1) is 15.6. The van der Waals surface area contributed by atoms with Gasteiger partial charge >= 0.3 is 0 Å². The van der Waals surface area contributed by atoms with Gasteiger partial charge in [0.05, 0.1) is 6.10 Å². The molecule has 1 amide bonds. The Balaban J connectivity index is 2.22. The topological polar surface area (TPSA) is 60.8 Å². The van der Waals surface area contributed by atoms with E-state index in [2.05, 4.69) is 11.8 Å². The molecular weight excluding hydrogens is 266 g/mol. The third-order valence-electron chi connectivity index (χ3n) is 3.99. The molecule has 2 unspecified atom stereocenters. The lowest BCUT2D eigenvalue weighted by Crippen LogP contribution is -2.46. The van der Waals surface area contributed by atoms with Gasteiger partial charge in [-0.2, -0.15) is 0 Å². The molecular formula is C17H21NO3. The number of aliphatic hydroxyl groups excluding tert-OH is 2. The van der Waals surface area contributed by atoms with Gasteiger partial charge in [0.1, 0.15) is 6.61 Å². The molecule has 0 aliphatic carbocycles. The van der Waals surface area contributed by atoms with Crippen LogP contribution in [-0.2, 0) is 0 Å². The van der Waals surface area contributed by atoms with Crippen molar-refractivity contribution >= 4 is 5.91 Å². The number of amides is 1. The summed E-state index contributed by atoms with van der Waals surface area (Å²) in [5.41, 5.74) is 2.22. The summed E-state index contributed by atoms with van der Waals surface area (Å²) in [5, 5.41) is 18.7. The van der Waals surface area contributed by atoms with Crippen LogP contribution in [0.15, 0.2) is 18.2 Å². The Morgan fingerprint density at radius 3 is 2.90 bits per heavy atom. The molecule has 1 aliphatic heterocycles. The molecule has 0 radical (unpaired) electrons. The minimum Gasteiger partial charge on any atom is -0.391 e. The Bertz CT molecular complexity index is 585. The van der Waals surface area contributed by atoms with Crippen molar-refractivity contribution in [2.24, 2.45) is 5.92 Å². The number of rotatable bonds is 1. The summed E-state index contributed by atoms with van der Waals surface area (Å²) in [6, 6.07) is 5.45. The zero-order chi connectivity index (χ0) is 15.4. The van der Waals surface area contributed by atoms with Crippen LogP contribution in [-0.4, -0.2) is 46.8 Å². The van der Waals surface area contributed by atoms with E-state index in [9.17, 15) is 9.90 Å². The standard InChI is InChI=1S/C17H21NO3/c1-12-5-6-14(4-3-9-19)10-15(12)17(21)18-8-7-13(2)16(20)11-18/h5-6,10,13,16,19-20H,7-9,11H2,1-2H3. The van der Waals surface area contributed by atoms with E-state index in [0.29, 0.717) is 24.2 Å². The number of nitrogens with zero attached hydrogens (tertiary/aromatic N) is 1. The third-order valence-corrected chi connectivity index (χ3v) is 3.99. The zero-order valence-corrected chi connectivity index (χ0v) is 12.5. The van der Waals surface area contributed by atoms with Gasteiger partial charge in [-0.15, -0.1) is 0 Å². The number of aryl methyl sites for hydroxylation is 1. The van der Waals surface area contributed by atoms with Crippen molar-refractivity contribution < 1.29 is 15.0 Å². The number of carbonyl (C=O) groups is 1. The number of aliphatic hydroxyl groups is 2. The first-order chi connectivity index (χ1) is 10.0. The predicted octanol–water partition coefficient (Wildman–Crippen LogP) is 1.18. The van der Waals surface area contributed by atoms with Gasteiger partial charge in [0.15, 0.2) is 0 Å². The first-order valence-electron chi connectivity index (χ1n) is 7.20. The number of benzene rings is 1. The predicted molar refractivity (Wildman–Crippen MR) is 80.8 cm³/mol. The zero-order valence-electron chi connectivity index (χ0n) is 12.5.